The molecule has 3 unspecified atom stereocenters. The number of hydrogen-bond acceptors (Lipinski definition) is 5. The van der Waals surface area contributed by atoms with Gasteiger partial charge in [0.1, 0.15) is 6.10 Å². The SMILES string of the molecule is O=[C]OCC1CCC(OC(=O)c2ccccc2)C(O)C1. The van der Waals surface area contributed by atoms with Crippen LogP contribution in [0.5, 0.6) is 0 Å². The molecule has 20 heavy (non-hydrogen) atoms. The number of hydrogen-bond donors (Lipinski definition) is 1. The van der Waals surface area contributed by atoms with E-state index in [0.29, 0.717) is 18.4 Å². The second kappa shape index (κ2) is 7.05. The summed E-state index contributed by atoms with van der Waals surface area (Å²) < 4.78 is 9.92. The van der Waals surface area contributed by atoms with Crippen molar-refractivity contribution < 1.29 is 24.2 Å². The van der Waals surface area contributed by atoms with Crippen molar-refractivity contribution in [2.75, 3.05) is 6.61 Å². The van der Waals surface area contributed by atoms with E-state index in [-0.39, 0.29) is 12.5 Å². The van der Waals surface area contributed by atoms with Crippen LogP contribution in [-0.4, -0.2) is 36.4 Å². The maximum Gasteiger partial charge on any atom is 0.417 e. The Morgan fingerprint density at radius 2 is 2.05 bits per heavy atom. The zero-order valence-corrected chi connectivity index (χ0v) is 11.0. The van der Waals surface area contributed by atoms with Crippen LogP contribution in [0.2, 0.25) is 0 Å². The van der Waals surface area contributed by atoms with Gasteiger partial charge in [0.2, 0.25) is 0 Å². The number of ether oxygens (including phenoxy) is 2. The highest BCUT2D eigenvalue weighted by Gasteiger charge is 2.32. The van der Waals surface area contributed by atoms with Gasteiger partial charge in [0, 0.05) is 0 Å². The van der Waals surface area contributed by atoms with Crippen molar-refractivity contribution in [2.45, 2.75) is 31.5 Å². The topological polar surface area (TPSA) is 72.8 Å². The summed E-state index contributed by atoms with van der Waals surface area (Å²) in [5.74, 6) is -0.330. The number of benzene rings is 1. The van der Waals surface area contributed by atoms with Crippen molar-refractivity contribution in [3.63, 3.8) is 0 Å². The molecule has 0 amide bonds. The minimum Gasteiger partial charge on any atom is -0.457 e. The Labute approximate surface area is 117 Å². The third kappa shape index (κ3) is 3.81. The summed E-state index contributed by atoms with van der Waals surface area (Å²) in [4.78, 5) is 21.9. The van der Waals surface area contributed by atoms with Gasteiger partial charge in [-0.2, -0.15) is 0 Å². The van der Waals surface area contributed by atoms with E-state index in [9.17, 15) is 14.7 Å². The van der Waals surface area contributed by atoms with Crippen molar-refractivity contribution in [3.8, 4) is 0 Å². The molecule has 1 radical (unpaired) electrons. The summed E-state index contributed by atoms with van der Waals surface area (Å²) in [7, 11) is 0. The average Bonchev–Trinajstić information content (AvgIpc) is 2.48. The predicted octanol–water partition coefficient (Wildman–Crippen LogP) is 1.46. The number of aliphatic hydroxyl groups excluding tert-OH is 1. The Bertz CT molecular complexity index is 445. The van der Waals surface area contributed by atoms with Crippen molar-refractivity contribution in [1.82, 2.24) is 0 Å². The van der Waals surface area contributed by atoms with Gasteiger partial charge in [0.05, 0.1) is 18.3 Å². The van der Waals surface area contributed by atoms with E-state index in [1.807, 2.05) is 6.07 Å². The van der Waals surface area contributed by atoms with Crippen molar-refractivity contribution >= 4 is 12.4 Å². The highest BCUT2D eigenvalue weighted by Crippen LogP contribution is 2.27. The molecule has 1 aliphatic carbocycles. The second-order valence-electron chi connectivity index (χ2n) is 4.95. The molecule has 0 bridgehead atoms. The maximum atomic E-state index is 11.9. The fourth-order valence-electron chi connectivity index (χ4n) is 2.42. The van der Waals surface area contributed by atoms with E-state index in [4.69, 9.17) is 4.74 Å². The Balaban J connectivity index is 1.85. The van der Waals surface area contributed by atoms with E-state index >= 15 is 0 Å². The van der Waals surface area contributed by atoms with Gasteiger partial charge in [-0.25, -0.2) is 9.59 Å². The Kier molecular flexibility index (Phi) is 5.12. The van der Waals surface area contributed by atoms with Crippen LogP contribution < -0.4 is 0 Å². The largest absolute Gasteiger partial charge is 0.457 e. The normalized spacial score (nSPS) is 25.8. The summed E-state index contributed by atoms with van der Waals surface area (Å²) >= 11 is 0. The monoisotopic (exact) mass is 277 g/mol. The van der Waals surface area contributed by atoms with Gasteiger partial charge < -0.3 is 14.6 Å². The molecule has 1 fully saturated rings. The van der Waals surface area contributed by atoms with Crippen LogP contribution in [0.1, 0.15) is 29.6 Å². The van der Waals surface area contributed by atoms with E-state index in [1.165, 1.54) is 6.47 Å². The smallest absolute Gasteiger partial charge is 0.417 e. The third-order valence-electron chi connectivity index (χ3n) is 3.51. The van der Waals surface area contributed by atoms with Gasteiger partial charge in [0.25, 0.3) is 0 Å². The third-order valence-corrected chi connectivity index (χ3v) is 3.51. The van der Waals surface area contributed by atoms with E-state index in [1.54, 1.807) is 24.3 Å². The van der Waals surface area contributed by atoms with Crippen LogP contribution in [0.3, 0.4) is 0 Å². The molecule has 0 saturated heterocycles. The first kappa shape index (κ1) is 14.5. The first-order valence-electron chi connectivity index (χ1n) is 6.63. The second-order valence-corrected chi connectivity index (χ2v) is 4.95. The number of carbonyl (C=O) groups is 1. The summed E-state index contributed by atoms with van der Waals surface area (Å²) in [6, 6.07) is 8.69. The van der Waals surface area contributed by atoms with Crippen molar-refractivity contribution in [1.29, 1.82) is 0 Å². The molecule has 107 valence electrons. The number of esters is 1. The Morgan fingerprint density at radius 1 is 1.30 bits per heavy atom. The summed E-state index contributed by atoms with van der Waals surface area (Å²) in [6.07, 6.45) is 0.530. The lowest BCUT2D eigenvalue weighted by atomic mass is 9.86. The zero-order chi connectivity index (χ0) is 14.4. The molecule has 0 aromatic heterocycles. The van der Waals surface area contributed by atoms with Gasteiger partial charge in [-0.3, -0.25) is 0 Å². The van der Waals surface area contributed by atoms with Gasteiger partial charge in [-0.1, -0.05) is 18.2 Å². The maximum absolute atomic E-state index is 11.9. The fraction of sp³-hybridized carbons (Fsp3) is 0.467. The molecule has 1 aliphatic rings. The Hall–Kier alpha value is -1.88. The first-order chi connectivity index (χ1) is 9.70. The van der Waals surface area contributed by atoms with E-state index in [2.05, 4.69) is 4.74 Å². The van der Waals surface area contributed by atoms with Crippen LogP contribution in [-0.2, 0) is 14.3 Å². The molecular formula is C15H17O5. The lowest BCUT2D eigenvalue weighted by Gasteiger charge is -2.32. The highest BCUT2D eigenvalue weighted by atomic mass is 16.6. The van der Waals surface area contributed by atoms with Crippen LogP contribution in [0.4, 0.5) is 0 Å². The molecule has 1 saturated carbocycles. The summed E-state index contributed by atoms with van der Waals surface area (Å²) in [5, 5.41) is 10.0. The lowest BCUT2D eigenvalue weighted by molar-refractivity contribution is -0.0516. The molecule has 0 heterocycles. The van der Waals surface area contributed by atoms with Gasteiger partial charge in [-0.15, -0.1) is 0 Å². The van der Waals surface area contributed by atoms with Crippen LogP contribution in [0.25, 0.3) is 0 Å². The molecule has 0 aliphatic heterocycles. The van der Waals surface area contributed by atoms with Gasteiger partial charge in [0.15, 0.2) is 0 Å². The van der Waals surface area contributed by atoms with Crippen LogP contribution >= 0.6 is 0 Å². The quantitative estimate of drug-likeness (QED) is 0.825. The minimum atomic E-state index is -0.725. The minimum absolute atomic E-state index is 0.0955. The van der Waals surface area contributed by atoms with Gasteiger partial charge >= 0.3 is 12.4 Å². The molecule has 1 aromatic rings. The van der Waals surface area contributed by atoms with E-state index < -0.39 is 18.2 Å². The molecule has 1 aromatic carbocycles. The molecule has 5 nitrogen and oxygen atoms in total. The molecule has 2 rings (SSSR count). The highest BCUT2D eigenvalue weighted by molar-refractivity contribution is 5.89. The van der Waals surface area contributed by atoms with Crippen molar-refractivity contribution in [2.24, 2.45) is 5.92 Å². The summed E-state index contributed by atoms with van der Waals surface area (Å²) in [6.45, 7) is 1.63. The van der Waals surface area contributed by atoms with Crippen molar-refractivity contribution in [3.05, 3.63) is 35.9 Å². The van der Waals surface area contributed by atoms with Gasteiger partial charge in [-0.05, 0) is 37.3 Å². The number of rotatable bonds is 5. The molecule has 0 spiro atoms. The molecule has 1 N–H and O–H groups in total. The number of carbonyl (C=O) groups excluding carboxylic acids is 2. The Morgan fingerprint density at radius 3 is 2.70 bits per heavy atom. The predicted molar refractivity (Wildman–Crippen MR) is 70.6 cm³/mol. The van der Waals surface area contributed by atoms with Crippen LogP contribution in [0.15, 0.2) is 30.3 Å². The molecular weight excluding hydrogens is 260 g/mol. The standard InChI is InChI=1S/C15H17O5/c16-10-19-9-11-6-7-14(13(17)8-11)20-15(18)12-4-2-1-3-5-12/h1-5,11,13-14,17H,6-9H2. The first-order valence-corrected chi connectivity index (χ1v) is 6.63. The fourth-order valence-corrected chi connectivity index (χ4v) is 2.42. The lowest BCUT2D eigenvalue weighted by Crippen LogP contribution is -2.38. The zero-order valence-electron chi connectivity index (χ0n) is 11.0. The molecule has 3 atom stereocenters. The van der Waals surface area contributed by atoms with Crippen LogP contribution in [0, 0.1) is 5.92 Å². The average molecular weight is 277 g/mol. The summed E-state index contributed by atoms with van der Waals surface area (Å²) in [5.41, 5.74) is 0.473. The van der Waals surface area contributed by atoms with E-state index in [0.717, 1.165) is 6.42 Å². The molecule has 5 heteroatoms. The number of aliphatic hydroxyl groups is 1.